The first-order valence-corrected chi connectivity index (χ1v) is 10.7. The molecule has 1 N–H and O–H groups in total. The summed E-state index contributed by atoms with van der Waals surface area (Å²) in [5.41, 5.74) is 0.217. The summed E-state index contributed by atoms with van der Waals surface area (Å²) in [5.74, 6) is 0.723. The van der Waals surface area contributed by atoms with E-state index >= 15 is 0 Å². The van der Waals surface area contributed by atoms with E-state index < -0.39 is 0 Å². The summed E-state index contributed by atoms with van der Waals surface area (Å²) in [5, 5.41) is 6.74. The molecule has 1 saturated heterocycles. The van der Waals surface area contributed by atoms with E-state index in [1.807, 2.05) is 23.5 Å². The van der Waals surface area contributed by atoms with Crippen LogP contribution in [0.2, 0.25) is 0 Å². The van der Waals surface area contributed by atoms with Crippen molar-refractivity contribution < 1.29 is 9.15 Å². The van der Waals surface area contributed by atoms with E-state index in [1.165, 1.54) is 10.9 Å². The quantitative estimate of drug-likeness (QED) is 0.612. The van der Waals surface area contributed by atoms with Gasteiger partial charge in [0.25, 0.3) is 0 Å². The zero-order valence-corrected chi connectivity index (χ0v) is 16.9. The summed E-state index contributed by atoms with van der Waals surface area (Å²) in [6, 6.07) is 13.9. The lowest BCUT2D eigenvalue weighted by molar-refractivity contribution is 0.175. The van der Waals surface area contributed by atoms with E-state index in [4.69, 9.17) is 9.15 Å². The molecular formula is C22H26N2O3S. The Morgan fingerprint density at radius 2 is 2.07 bits per heavy atom. The topological polar surface area (TPSA) is 54.7 Å². The van der Waals surface area contributed by atoms with Gasteiger partial charge in [-0.1, -0.05) is 6.07 Å². The van der Waals surface area contributed by atoms with Crippen molar-refractivity contribution in [2.75, 3.05) is 19.7 Å². The second-order valence-electron chi connectivity index (χ2n) is 7.46. The molecule has 1 aliphatic rings. The predicted molar refractivity (Wildman–Crippen MR) is 113 cm³/mol. The molecule has 1 aliphatic heterocycles. The zero-order chi connectivity index (χ0) is 19.3. The molecule has 3 heterocycles. The molecular weight excluding hydrogens is 372 g/mol. The van der Waals surface area contributed by atoms with Crippen LogP contribution in [0.1, 0.15) is 24.6 Å². The molecule has 0 spiro atoms. The lowest BCUT2D eigenvalue weighted by Gasteiger charge is -2.33. The summed E-state index contributed by atoms with van der Waals surface area (Å²) in [6.45, 7) is 6.07. The fourth-order valence-corrected chi connectivity index (χ4v) is 4.43. The van der Waals surface area contributed by atoms with Crippen molar-refractivity contribution in [3.05, 3.63) is 63.1 Å². The SMILES string of the molecule is CC(COc1ccc2ccc(=O)oc2c1)NC1CCN(Cc2cccs2)CC1. The van der Waals surface area contributed by atoms with E-state index in [9.17, 15) is 4.79 Å². The smallest absolute Gasteiger partial charge is 0.336 e. The molecule has 1 unspecified atom stereocenters. The van der Waals surface area contributed by atoms with Gasteiger partial charge in [0.2, 0.25) is 0 Å². The number of rotatable bonds is 7. The van der Waals surface area contributed by atoms with Crippen LogP contribution in [0, 0.1) is 0 Å². The van der Waals surface area contributed by atoms with Crippen molar-refractivity contribution in [1.29, 1.82) is 0 Å². The van der Waals surface area contributed by atoms with Gasteiger partial charge in [0.15, 0.2) is 0 Å². The Labute approximate surface area is 168 Å². The third-order valence-electron chi connectivity index (χ3n) is 5.16. The van der Waals surface area contributed by atoms with Crippen molar-refractivity contribution in [3.63, 3.8) is 0 Å². The normalized spacial score (nSPS) is 17.0. The molecule has 0 saturated carbocycles. The molecule has 6 heteroatoms. The minimum Gasteiger partial charge on any atom is -0.492 e. The number of benzene rings is 1. The van der Waals surface area contributed by atoms with Crippen molar-refractivity contribution in [1.82, 2.24) is 10.2 Å². The predicted octanol–water partition coefficient (Wildman–Crippen LogP) is 3.88. The van der Waals surface area contributed by atoms with Crippen molar-refractivity contribution in [2.24, 2.45) is 0 Å². The highest BCUT2D eigenvalue weighted by atomic mass is 32.1. The second kappa shape index (κ2) is 8.90. The number of piperidine rings is 1. The molecule has 1 aromatic carbocycles. The number of likely N-dealkylation sites (tertiary alicyclic amines) is 1. The largest absolute Gasteiger partial charge is 0.492 e. The number of hydrogen-bond donors (Lipinski definition) is 1. The summed E-state index contributed by atoms with van der Waals surface area (Å²) in [4.78, 5) is 15.4. The zero-order valence-electron chi connectivity index (χ0n) is 16.1. The average Bonchev–Trinajstić information content (AvgIpc) is 3.20. The summed E-state index contributed by atoms with van der Waals surface area (Å²) >= 11 is 1.84. The standard InChI is InChI=1S/C22H26N2O3S/c1-16(15-26-19-6-4-17-5-7-22(25)27-21(17)13-19)23-18-8-10-24(11-9-18)14-20-3-2-12-28-20/h2-7,12-13,16,18,23H,8-11,14-15H2,1H3. The summed E-state index contributed by atoms with van der Waals surface area (Å²) in [6.07, 6.45) is 2.33. The highest BCUT2D eigenvalue weighted by Crippen LogP contribution is 2.20. The number of fused-ring (bicyclic) bond motifs is 1. The van der Waals surface area contributed by atoms with Crippen molar-refractivity contribution in [3.8, 4) is 5.75 Å². The van der Waals surface area contributed by atoms with Gasteiger partial charge in [0.1, 0.15) is 17.9 Å². The first-order chi connectivity index (χ1) is 13.7. The fraction of sp³-hybridized carbons (Fsp3) is 0.409. The van der Waals surface area contributed by atoms with E-state index in [1.54, 1.807) is 12.1 Å². The Morgan fingerprint density at radius 3 is 2.86 bits per heavy atom. The number of nitrogens with one attached hydrogen (secondary N) is 1. The van der Waals surface area contributed by atoms with E-state index in [-0.39, 0.29) is 11.7 Å². The van der Waals surface area contributed by atoms with Gasteiger partial charge in [-0.3, -0.25) is 4.90 Å². The monoisotopic (exact) mass is 398 g/mol. The van der Waals surface area contributed by atoms with Gasteiger partial charge in [-0.05, 0) is 62.5 Å². The molecule has 0 aliphatic carbocycles. The molecule has 28 heavy (non-hydrogen) atoms. The Balaban J connectivity index is 1.22. The molecule has 0 radical (unpaired) electrons. The van der Waals surface area contributed by atoms with Gasteiger partial charge in [-0.25, -0.2) is 4.79 Å². The van der Waals surface area contributed by atoms with Crippen LogP contribution in [0.4, 0.5) is 0 Å². The van der Waals surface area contributed by atoms with E-state index in [0.29, 0.717) is 18.2 Å². The maximum absolute atomic E-state index is 11.4. The highest BCUT2D eigenvalue weighted by Gasteiger charge is 2.20. The first-order valence-electron chi connectivity index (χ1n) is 9.83. The first kappa shape index (κ1) is 19.2. The third-order valence-corrected chi connectivity index (χ3v) is 6.02. The Morgan fingerprint density at radius 1 is 1.25 bits per heavy atom. The van der Waals surface area contributed by atoms with Crippen LogP contribution in [-0.2, 0) is 6.54 Å². The molecule has 3 aromatic rings. The Hall–Kier alpha value is -2.15. The van der Waals surface area contributed by atoms with Crippen LogP contribution in [0.15, 0.2) is 57.1 Å². The van der Waals surface area contributed by atoms with Crippen LogP contribution >= 0.6 is 11.3 Å². The van der Waals surface area contributed by atoms with Crippen molar-refractivity contribution in [2.45, 2.75) is 38.4 Å². The maximum atomic E-state index is 11.4. The highest BCUT2D eigenvalue weighted by molar-refractivity contribution is 7.09. The Kier molecular flexibility index (Phi) is 6.10. The minimum absolute atomic E-state index is 0.257. The van der Waals surface area contributed by atoms with Crippen LogP contribution in [0.3, 0.4) is 0 Å². The van der Waals surface area contributed by atoms with Crippen LogP contribution < -0.4 is 15.7 Å². The molecule has 1 atom stereocenters. The number of ether oxygens (including phenoxy) is 1. The van der Waals surface area contributed by atoms with Gasteiger partial charge >= 0.3 is 5.63 Å². The third kappa shape index (κ3) is 5.01. The minimum atomic E-state index is -0.342. The van der Waals surface area contributed by atoms with Crippen molar-refractivity contribution >= 4 is 22.3 Å². The summed E-state index contributed by atoms with van der Waals surface area (Å²) < 4.78 is 11.1. The lowest BCUT2D eigenvalue weighted by Crippen LogP contribution is -2.46. The van der Waals surface area contributed by atoms with Crippen LogP contribution in [-0.4, -0.2) is 36.7 Å². The van der Waals surface area contributed by atoms with Gasteiger partial charge in [-0.2, -0.15) is 0 Å². The van der Waals surface area contributed by atoms with Crippen LogP contribution in [0.5, 0.6) is 5.75 Å². The number of nitrogens with zero attached hydrogens (tertiary/aromatic N) is 1. The van der Waals surface area contributed by atoms with Gasteiger partial charge in [-0.15, -0.1) is 11.3 Å². The van der Waals surface area contributed by atoms with Gasteiger partial charge in [0.05, 0.1) is 0 Å². The number of hydrogen-bond acceptors (Lipinski definition) is 6. The molecule has 148 valence electrons. The van der Waals surface area contributed by atoms with E-state index in [0.717, 1.165) is 43.6 Å². The van der Waals surface area contributed by atoms with E-state index in [2.05, 4.69) is 34.7 Å². The fourth-order valence-electron chi connectivity index (χ4n) is 3.68. The second-order valence-corrected chi connectivity index (χ2v) is 8.49. The molecule has 0 amide bonds. The molecule has 4 rings (SSSR count). The maximum Gasteiger partial charge on any atom is 0.336 e. The molecule has 0 bridgehead atoms. The Bertz CT molecular complexity index is 946. The lowest BCUT2D eigenvalue weighted by atomic mass is 10.0. The van der Waals surface area contributed by atoms with Gasteiger partial charge in [0, 0.05) is 41.0 Å². The van der Waals surface area contributed by atoms with Gasteiger partial charge < -0.3 is 14.5 Å². The molecule has 5 nitrogen and oxygen atoms in total. The average molecular weight is 399 g/mol. The van der Waals surface area contributed by atoms with Crippen LogP contribution in [0.25, 0.3) is 11.0 Å². The summed E-state index contributed by atoms with van der Waals surface area (Å²) in [7, 11) is 0. The molecule has 1 fully saturated rings. The number of thiophene rings is 1. The molecule has 2 aromatic heterocycles.